The minimum Gasteiger partial charge on any atom is -0.506 e. The van der Waals surface area contributed by atoms with Gasteiger partial charge in [0.05, 0.1) is 5.02 Å². The van der Waals surface area contributed by atoms with E-state index >= 15 is 0 Å². The summed E-state index contributed by atoms with van der Waals surface area (Å²) in [7, 11) is 0. The second-order valence-electron chi connectivity index (χ2n) is 4.40. The minimum atomic E-state index is 0.176. The van der Waals surface area contributed by atoms with E-state index in [-0.39, 0.29) is 5.75 Å². The van der Waals surface area contributed by atoms with Gasteiger partial charge in [0.25, 0.3) is 0 Å². The fourth-order valence-corrected chi connectivity index (χ4v) is 2.01. The summed E-state index contributed by atoms with van der Waals surface area (Å²) < 4.78 is 0. The highest BCUT2D eigenvalue weighted by Gasteiger charge is 2.07. The van der Waals surface area contributed by atoms with Crippen LogP contribution in [0.2, 0.25) is 5.02 Å². The number of nitrogens with zero attached hydrogens (tertiary/aromatic N) is 1. The van der Waals surface area contributed by atoms with Crippen LogP contribution in [0.15, 0.2) is 24.4 Å². The van der Waals surface area contributed by atoms with Gasteiger partial charge in [-0.2, -0.15) is 0 Å². The molecule has 0 saturated carbocycles. The molecule has 2 aromatic rings. The summed E-state index contributed by atoms with van der Waals surface area (Å²) in [5.74, 6) is 0.755. The number of hydrogen-bond acceptors (Lipinski definition) is 2. The Hall–Kier alpha value is -1.28. The van der Waals surface area contributed by atoms with Crippen molar-refractivity contribution in [3.63, 3.8) is 0 Å². The Morgan fingerprint density at radius 1 is 1.38 bits per heavy atom. The molecule has 1 aromatic heterocycles. The molecule has 0 fully saturated rings. The van der Waals surface area contributed by atoms with E-state index in [2.05, 4.69) is 18.8 Å². The summed E-state index contributed by atoms with van der Waals surface area (Å²) in [6.07, 6.45) is 2.77. The molecular weight excluding hydrogens is 222 g/mol. The number of fused-ring (bicyclic) bond motifs is 1. The van der Waals surface area contributed by atoms with Crippen LogP contribution in [0, 0.1) is 5.92 Å². The van der Waals surface area contributed by atoms with Crippen LogP contribution in [0.3, 0.4) is 0 Å². The second-order valence-corrected chi connectivity index (χ2v) is 4.81. The van der Waals surface area contributed by atoms with Gasteiger partial charge in [-0.15, -0.1) is 0 Å². The van der Waals surface area contributed by atoms with E-state index in [0.717, 1.165) is 17.4 Å². The number of benzene rings is 1. The second kappa shape index (κ2) is 4.30. The summed E-state index contributed by atoms with van der Waals surface area (Å²) in [6, 6.07) is 5.27. The lowest BCUT2D eigenvalue weighted by atomic mass is 10.0. The highest BCUT2D eigenvalue weighted by molar-refractivity contribution is 6.35. The summed E-state index contributed by atoms with van der Waals surface area (Å²) >= 11 is 6.09. The van der Waals surface area contributed by atoms with Gasteiger partial charge in [0, 0.05) is 11.6 Å². The summed E-state index contributed by atoms with van der Waals surface area (Å²) in [6.45, 7) is 4.32. The Morgan fingerprint density at radius 3 is 2.81 bits per heavy atom. The lowest BCUT2D eigenvalue weighted by Gasteiger charge is -2.07. The van der Waals surface area contributed by atoms with E-state index in [1.54, 1.807) is 18.3 Å². The lowest BCUT2D eigenvalue weighted by molar-refractivity contribution is 0.480. The van der Waals surface area contributed by atoms with Gasteiger partial charge in [0.1, 0.15) is 11.3 Å². The monoisotopic (exact) mass is 235 g/mol. The van der Waals surface area contributed by atoms with Crippen LogP contribution in [0.25, 0.3) is 10.9 Å². The maximum atomic E-state index is 9.65. The molecule has 0 spiro atoms. The fraction of sp³-hybridized carbons (Fsp3) is 0.308. The predicted molar refractivity (Wildman–Crippen MR) is 67.0 cm³/mol. The molecular formula is C13H14ClNO. The van der Waals surface area contributed by atoms with Crippen molar-refractivity contribution in [1.82, 2.24) is 4.98 Å². The Bertz CT molecular complexity index is 523. The largest absolute Gasteiger partial charge is 0.506 e. The Labute approximate surface area is 99.9 Å². The molecule has 1 aromatic carbocycles. The number of aromatic hydroxyl groups is 1. The average molecular weight is 236 g/mol. The van der Waals surface area contributed by atoms with Gasteiger partial charge < -0.3 is 5.11 Å². The van der Waals surface area contributed by atoms with E-state index in [0.29, 0.717) is 16.5 Å². The maximum absolute atomic E-state index is 9.65. The fourth-order valence-electron chi connectivity index (χ4n) is 1.80. The predicted octanol–water partition coefficient (Wildman–Crippen LogP) is 3.79. The molecule has 0 aliphatic heterocycles. The highest BCUT2D eigenvalue weighted by atomic mass is 35.5. The Balaban J connectivity index is 2.57. The van der Waals surface area contributed by atoms with Crippen molar-refractivity contribution >= 4 is 22.5 Å². The van der Waals surface area contributed by atoms with E-state index in [4.69, 9.17) is 11.6 Å². The van der Waals surface area contributed by atoms with Gasteiger partial charge in [-0.05, 0) is 36.1 Å². The molecule has 1 heterocycles. The molecule has 2 rings (SSSR count). The van der Waals surface area contributed by atoms with E-state index in [1.807, 2.05) is 6.07 Å². The van der Waals surface area contributed by atoms with Crippen molar-refractivity contribution in [2.75, 3.05) is 0 Å². The number of hydrogen-bond donors (Lipinski definition) is 1. The van der Waals surface area contributed by atoms with Gasteiger partial charge in [0.15, 0.2) is 0 Å². The zero-order valence-electron chi connectivity index (χ0n) is 9.37. The first-order valence-corrected chi connectivity index (χ1v) is 5.72. The third-order valence-corrected chi connectivity index (χ3v) is 2.81. The lowest BCUT2D eigenvalue weighted by Crippen LogP contribution is -1.95. The molecule has 0 amide bonds. The number of phenolic OH excluding ortho intramolecular Hbond substituents is 1. The van der Waals surface area contributed by atoms with Gasteiger partial charge >= 0.3 is 0 Å². The SMILES string of the molecule is CC(C)Cc1cnc2c(O)ccc(Cl)c2c1. The Morgan fingerprint density at radius 2 is 2.12 bits per heavy atom. The standard InChI is InChI=1S/C13H14ClNO/c1-8(2)5-9-6-10-11(14)3-4-12(16)13(10)15-7-9/h3-4,6-8,16H,5H2,1-2H3. The maximum Gasteiger partial charge on any atom is 0.141 e. The molecule has 0 aliphatic rings. The first-order chi connectivity index (χ1) is 7.58. The first-order valence-electron chi connectivity index (χ1n) is 5.34. The highest BCUT2D eigenvalue weighted by Crippen LogP contribution is 2.29. The van der Waals surface area contributed by atoms with Crippen molar-refractivity contribution in [2.24, 2.45) is 5.92 Å². The van der Waals surface area contributed by atoms with Gasteiger partial charge in [-0.1, -0.05) is 25.4 Å². The number of rotatable bonds is 2. The molecule has 16 heavy (non-hydrogen) atoms. The molecule has 0 bridgehead atoms. The smallest absolute Gasteiger partial charge is 0.141 e. The number of aromatic nitrogens is 1. The van der Waals surface area contributed by atoms with Gasteiger partial charge in [0.2, 0.25) is 0 Å². The minimum absolute atomic E-state index is 0.176. The average Bonchev–Trinajstić information content (AvgIpc) is 2.23. The molecule has 0 aliphatic carbocycles. The van der Waals surface area contributed by atoms with Crippen molar-refractivity contribution in [3.05, 3.63) is 35.0 Å². The van der Waals surface area contributed by atoms with E-state index in [1.165, 1.54) is 0 Å². The molecule has 0 unspecified atom stereocenters. The van der Waals surface area contributed by atoms with Crippen LogP contribution in [0.1, 0.15) is 19.4 Å². The molecule has 0 radical (unpaired) electrons. The number of pyridine rings is 1. The van der Waals surface area contributed by atoms with Gasteiger partial charge in [-0.3, -0.25) is 4.98 Å². The van der Waals surface area contributed by atoms with Crippen LogP contribution in [-0.4, -0.2) is 10.1 Å². The first kappa shape index (κ1) is 11.2. The van der Waals surface area contributed by atoms with Crippen molar-refractivity contribution in [3.8, 4) is 5.75 Å². The van der Waals surface area contributed by atoms with Crippen LogP contribution in [0.4, 0.5) is 0 Å². The topological polar surface area (TPSA) is 33.1 Å². The number of halogens is 1. The van der Waals surface area contributed by atoms with Crippen LogP contribution in [0.5, 0.6) is 5.75 Å². The Kier molecular flexibility index (Phi) is 3.01. The third kappa shape index (κ3) is 2.12. The van der Waals surface area contributed by atoms with Crippen molar-refractivity contribution < 1.29 is 5.11 Å². The quantitative estimate of drug-likeness (QED) is 0.859. The van der Waals surface area contributed by atoms with Gasteiger partial charge in [-0.25, -0.2) is 0 Å². The normalized spacial score (nSPS) is 11.2. The third-order valence-electron chi connectivity index (χ3n) is 2.48. The molecule has 0 saturated heterocycles. The molecule has 1 N–H and O–H groups in total. The molecule has 3 heteroatoms. The van der Waals surface area contributed by atoms with Crippen LogP contribution >= 0.6 is 11.6 Å². The van der Waals surface area contributed by atoms with Crippen LogP contribution in [-0.2, 0) is 6.42 Å². The summed E-state index contributed by atoms with van der Waals surface area (Å²) in [5.41, 5.74) is 1.72. The zero-order valence-corrected chi connectivity index (χ0v) is 10.1. The molecule has 0 atom stereocenters. The zero-order chi connectivity index (χ0) is 11.7. The van der Waals surface area contributed by atoms with E-state index in [9.17, 15) is 5.11 Å². The van der Waals surface area contributed by atoms with Crippen molar-refractivity contribution in [2.45, 2.75) is 20.3 Å². The molecule has 84 valence electrons. The van der Waals surface area contributed by atoms with Crippen molar-refractivity contribution in [1.29, 1.82) is 0 Å². The number of phenols is 1. The van der Waals surface area contributed by atoms with E-state index < -0.39 is 0 Å². The summed E-state index contributed by atoms with van der Waals surface area (Å²) in [5, 5.41) is 11.1. The molecule has 2 nitrogen and oxygen atoms in total. The summed E-state index contributed by atoms with van der Waals surface area (Å²) in [4.78, 5) is 4.26. The van der Waals surface area contributed by atoms with Crippen LogP contribution < -0.4 is 0 Å².